The standard InChI is InChI=1S/C17H12ClNO5/c18-12-9-13-14(24-17(23)19(13)7-6-15(20)21)8-11(12)16(22)10-4-2-1-3-5-10/h1-5,8-9H,6-7H2,(H,20,21). The van der Waals surface area contributed by atoms with Gasteiger partial charge in [-0.05, 0) is 12.1 Å². The van der Waals surface area contributed by atoms with Gasteiger partial charge in [-0.3, -0.25) is 14.2 Å². The van der Waals surface area contributed by atoms with Gasteiger partial charge in [0.2, 0.25) is 0 Å². The van der Waals surface area contributed by atoms with E-state index >= 15 is 0 Å². The normalized spacial score (nSPS) is 10.9. The SMILES string of the molecule is O=C(O)CCn1c(=O)oc2cc(C(=O)c3ccccc3)c(Cl)cc21. The van der Waals surface area contributed by atoms with E-state index in [2.05, 4.69) is 0 Å². The number of aromatic nitrogens is 1. The number of carboxylic acids is 1. The Hall–Kier alpha value is -2.86. The Morgan fingerprint density at radius 2 is 1.88 bits per heavy atom. The molecule has 0 bridgehead atoms. The number of carboxylic acid groups (broad SMARTS) is 1. The number of rotatable bonds is 5. The van der Waals surface area contributed by atoms with Crippen LogP contribution in [0.25, 0.3) is 11.1 Å². The molecule has 6 nitrogen and oxygen atoms in total. The minimum absolute atomic E-state index is 0.0382. The number of carbonyl (C=O) groups excluding carboxylic acids is 1. The van der Waals surface area contributed by atoms with Crippen LogP contribution >= 0.6 is 11.6 Å². The highest BCUT2D eigenvalue weighted by Gasteiger charge is 2.18. The van der Waals surface area contributed by atoms with Crippen molar-refractivity contribution < 1.29 is 19.1 Å². The van der Waals surface area contributed by atoms with Crippen molar-refractivity contribution in [3.8, 4) is 0 Å². The summed E-state index contributed by atoms with van der Waals surface area (Å²) in [5, 5.41) is 8.92. The maximum atomic E-state index is 12.5. The summed E-state index contributed by atoms with van der Waals surface area (Å²) in [5.74, 6) is -2.01. The molecule has 0 aliphatic heterocycles. The van der Waals surface area contributed by atoms with Gasteiger partial charge >= 0.3 is 11.7 Å². The Morgan fingerprint density at radius 3 is 2.54 bits per heavy atom. The van der Waals surface area contributed by atoms with Crippen LogP contribution in [0.5, 0.6) is 0 Å². The van der Waals surface area contributed by atoms with Crippen LogP contribution < -0.4 is 5.76 Å². The summed E-state index contributed by atoms with van der Waals surface area (Å²) in [5.41, 5.74) is 1.23. The number of aliphatic carboxylic acids is 1. The molecule has 3 aromatic rings. The molecule has 0 amide bonds. The van der Waals surface area contributed by atoms with Crippen LogP contribution in [0, 0.1) is 0 Å². The predicted molar refractivity (Wildman–Crippen MR) is 87.6 cm³/mol. The van der Waals surface area contributed by atoms with Gasteiger partial charge in [0, 0.05) is 17.7 Å². The van der Waals surface area contributed by atoms with Crippen LogP contribution in [0.1, 0.15) is 22.3 Å². The summed E-state index contributed by atoms with van der Waals surface area (Å²) in [6.07, 6.45) is -0.225. The van der Waals surface area contributed by atoms with Crippen molar-refractivity contribution in [2.45, 2.75) is 13.0 Å². The molecule has 2 aromatic carbocycles. The van der Waals surface area contributed by atoms with Gasteiger partial charge in [0.1, 0.15) is 0 Å². The quantitative estimate of drug-likeness (QED) is 0.718. The smallest absolute Gasteiger partial charge is 0.419 e. The Morgan fingerprint density at radius 1 is 1.17 bits per heavy atom. The van der Waals surface area contributed by atoms with Crippen LogP contribution in [0.2, 0.25) is 5.02 Å². The molecular formula is C17H12ClNO5. The minimum Gasteiger partial charge on any atom is -0.481 e. The van der Waals surface area contributed by atoms with Crippen LogP contribution in [0.15, 0.2) is 51.7 Å². The molecule has 122 valence electrons. The number of halogens is 1. The number of oxazole rings is 1. The fourth-order valence-electron chi connectivity index (χ4n) is 2.42. The summed E-state index contributed by atoms with van der Waals surface area (Å²) < 4.78 is 6.30. The first-order chi connectivity index (χ1) is 11.5. The molecule has 0 unspecified atom stereocenters. The van der Waals surface area contributed by atoms with E-state index in [9.17, 15) is 14.4 Å². The van der Waals surface area contributed by atoms with Gasteiger partial charge in [-0.2, -0.15) is 0 Å². The molecule has 3 rings (SSSR count). The third-order valence-corrected chi connectivity index (χ3v) is 3.90. The molecule has 1 heterocycles. The molecule has 0 spiro atoms. The Balaban J connectivity index is 2.07. The third-order valence-electron chi connectivity index (χ3n) is 3.59. The third kappa shape index (κ3) is 2.96. The number of nitrogens with zero attached hydrogens (tertiary/aromatic N) is 1. The number of ketones is 1. The number of hydrogen-bond acceptors (Lipinski definition) is 4. The number of carbonyl (C=O) groups is 2. The van der Waals surface area contributed by atoms with Crippen LogP contribution in [0.3, 0.4) is 0 Å². The number of fused-ring (bicyclic) bond motifs is 1. The maximum absolute atomic E-state index is 12.5. The van der Waals surface area contributed by atoms with Gasteiger partial charge in [0.15, 0.2) is 11.4 Å². The largest absolute Gasteiger partial charge is 0.481 e. The Bertz CT molecular complexity index is 987. The minimum atomic E-state index is -1.03. The zero-order valence-corrected chi connectivity index (χ0v) is 13.1. The van der Waals surface area contributed by atoms with Crippen molar-refractivity contribution in [2.75, 3.05) is 0 Å². The van der Waals surface area contributed by atoms with E-state index in [1.165, 1.54) is 16.7 Å². The molecule has 0 radical (unpaired) electrons. The predicted octanol–water partition coefficient (Wildman–Crippen LogP) is 2.95. The van der Waals surface area contributed by atoms with Crippen molar-refractivity contribution >= 4 is 34.5 Å². The molecular weight excluding hydrogens is 334 g/mol. The zero-order chi connectivity index (χ0) is 17.3. The highest BCUT2D eigenvalue weighted by molar-refractivity contribution is 6.35. The molecule has 0 atom stereocenters. The van der Waals surface area contributed by atoms with Gasteiger partial charge in [0.05, 0.1) is 17.0 Å². The molecule has 0 saturated carbocycles. The van der Waals surface area contributed by atoms with Crippen molar-refractivity contribution in [3.05, 3.63) is 69.2 Å². The maximum Gasteiger partial charge on any atom is 0.419 e. The monoisotopic (exact) mass is 345 g/mol. The second-order valence-electron chi connectivity index (χ2n) is 5.16. The molecule has 7 heteroatoms. The van der Waals surface area contributed by atoms with Crippen molar-refractivity contribution in [1.82, 2.24) is 4.57 Å². The lowest BCUT2D eigenvalue weighted by molar-refractivity contribution is -0.137. The first-order valence-corrected chi connectivity index (χ1v) is 7.49. The van der Waals surface area contributed by atoms with Gasteiger partial charge in [-0.1, -0.05) is 41.9 Å². The van der Waals surface area contributed by atoms with E-state index in [-0.39, 0.29) is 34.9 Å². The number of benzene rings is 2. The highest BCUT2D eigenvalue weighted by Crippen LogP contribution is 2.26. The van der Waals surface area contributed by atoms with Crippen LogP contribution in [-0.2, 0) is 11.3 Å². The average Bonchev–Trinajstić information content (AvgIpc) is 2.86. The van der Waals surface area contributed by atoms with Crippen LogP contribution in [-0.4, -0.2) is 21.4 Å². The second kappa shape index (κ2) is 6.33. The molecule has 0 saturated heterocycles. The number of hydrogen-bond donors (Lipinski definition) is 1. The van der Waals surface area contributed by atoms with Crippen molar-refractivity contribution in [1.29, 1.82) is 0 Å². The summed E-state index contributed by atoms with van der Waals surface area (Å²) in [6, 6.07) is 11.5. The van der Waals surface area contributed by atoms with Gasteiger partial charge in [0.25, 0.3) is 0 Å². The highest BCUT2D eigenvalue weighted by atomic mass is 35.5. The van der Waals surface area contributed by atoms with E-state index in [4.69, 9.17) is 21.1 Å². The van der Waals surface area contributed by atoms with Crippen molar-refractivity contribution in [2.24, 2.45) is 0 Å². The lowest BCUT2D eigenvalue weighted by atomic mass is 10.0. The Kier molecular flexibility index (Phi) is 4.22. The summed E-state index contributed by atoms with van der Waals surface area (Å²) in [4.78, 5) is 35.1. The lowest BCUT2D eigenvalue weighted by Gasteiger charge is -2.05. The number of aryl methyl sites for hydroxylation is 1. The topological polar surface area (TPSA) is 89.5 Å². The van der Waals surface area contributed by atoms with Gasteiger partial charge in [-0.15, -0.1) is 0 Å². The van der Waals surface area contributed by atoms with E-state index in [1.807, 2.05) is 0 Å². The molecule has 1 aromatic heterocycles. The average molecular weight is 346 g/mol. The first kappa shape index (κ1) is 16.0. The van der Waals surface area contributed by atoms with Gasteiger partial charge in [-0.25, -0.2) is 4.79 Å². The molecule has 0 aliphatic rings. The summed E-state index contributed by atoms with van der Waals surface area (Å²) >= 11 is 6.20. The second-order valence-corrected chi connectivity index (χ2v) is 5.57. The Labute approximate surface area is 140 Å². The van der Waals surface area contributed by atoms with E-state index in [1.54, 1.807) is 30.3 Å². The van der Waals surface area contributed by atoms with E-state index < -0.39 is 11.7 Å². The lowest BCUT2D eigenvalue weighted by Crippen LogP contribution is -2.16. The summed E-state index contributed by atoms with van der Waals surface area (Å²) in [6.45, 7) is -0.0382. The fraction of sp³-hybridized carbons (Fsp3) is 0.118. The zero-order valence-electron chi connectivity index (χ0n) is 12.4. The van der Waals surface area contributed by atoms with Crippen LogP contribution in [0.4, 0.5) is 0 Å². The molecule has 0 fully saturated rings. The van der Waals surface area contributed by atoms with Crippen molar-refractivity contribution in [3.63, 3.8) is 0 Å². The van der Waals surface area contributed by atoms with E-state index in [0.29, 0.717) is 11.1 Å². The van der Waals surface area contributed by atoms with E-state index in [0.717, 1.165) is 0 Å². The fourth-order valence-corrected chi connectivity index (χ4v) is 2.67. The van der Waals surface area contributed by atoms with Gasteiger partial charge < -0.3 is 9.52 Å². The molecule has 0 aliphatic carbocycles. The first-order valence-electron chi connectivity index (χ1n) is 7.12. The molecule has 24 heavy (non-hydrogen) atoms. The summed E-state index contributed by atoms with van der Waals surface area (Å²) in [7, 11) is 0. The molecule has 1 N–H and O–H groups in total.